The van der Waals surface area contributed by atoms with Gasteiger partial charge in [-0.2, -0.15) is 4.31 Å². The van der Waals surface area contributed by atoms with Gasteiger partial charge in [0.2, 0.25) is 15.9 Å². The van der Waals surface area contributed by atoms with E-state index in [4.69, 9.17) is 9.47 Å². The molecule has 2 aliphatic rings. The number of β-lactam (4-membered cyclic amide) rings is 1. The van der Waals surface area contributed by atoms with Crippen molar-refractivity contribution in [3.8, 4) is 0 Å². The molecule has 0 aliphatic carbocycles. The van der Waals surface area contributed by atoms with Crippen molar-refractivity contribution in [3.63, 3.8) is 0 Å². The number of hydrogen-bond acceptors (Lipinski definition) is 6. The van der Waals surface area contributed by atoms with Gasteiger partial charge in [0.05, 0.1) is 25.5 Å². The van der Waals surface area contributed by atoms with E-state index in [0.717, 1.165) is 31.9 Å². The smallest absolute Gasteiger partial charge is 0.331 e. The van der Waals surface area contributed by atoms with Gasteiger partial charge < -0.3 is 14.4 Å². The summed E-state index contributed by atoms with van der Waals surface area (Å²) in [5, 5.41) is 0. The van der Waals surface area contributed by atoms with Crippen LogP contribution in [0.2, 0.25) is 0 Å². The maximum Gasteiger partial charge on any atom is 0.331 e. The Balaban J connectivity index is 2.15. The molecule has 28 heavy (non-hydrogen) atoms. The van der Waals surface area contributed by atoms with Crippen LogP contribution in [0.25, 0.3) is 0 Å². The molecule has 0 unspecified atom stereocenters. The molecule has 162 valence electrons. The number of likely N-dealkylation sites (tertiary alicyclic amines) is 1. The Bertz CT molecular complexity index is 667. The summed E-state index contributed by atoms with van der Waals surface area (Å²) in [6.07, 6.45) is 5.21. The molecule has 2 heterocycles. The standard InChI is InChI=1S/C19H34N2O6S/c1-5-7-12-26-15(3)16(17(22)27-13-8-6-2)20-14-19(18(20)23)10-9-11-21(19)28(4,24)25/h15-16H,5-14H2,1-4H3/t15-,16+,19+/m1/s1. The van der Waals surface area contributed by atoms with Crippen molar-refractivity contribution in [3.05, 3.63) is 0 Å². The van der Waals surface area contributed by atoms with Crippen molar-refractivity contribution >= 4 is 21.9 Å². The normalized spacial score (nSPS) is 25.0. The highest BCUT2D eigenvalue weighted by Gasteiger charge is 2.63. The number of carbonyl (C=O) groups excluding carboxylic acids is 2. The number of ether oxygens (including phenoxy) is 2. The van der Waals surface area contributed by atoms with Gasteiger partial charge in [0, 0.05) is 13.2 Å². The second-order valence-electron chi connectivity index (χ2n) is 7.80. The molecule has 8 nitrogen and oxygen atoms in total. The first-order valence-electron chi connectivity index (χ1n) is 10.3. The van der Waals surface area contributed by atoms with Crippen molar-refractivity contribution in [2.75, 3.05) is 32.6 Å². The Morgan fingerprint density at radius 1 is 1.21 bits per heavy atom. The zero-order valence-corrected chi connectivity index (χ0v) is 18.3. The number of amides is 1. The first kappa shape index (κ1) is 23.1. The molecule has 0 N–H and O–H groups in total. The molecule has 0 bridgehead atoms. The molecule has 0 aromatic heterocycles. The van der Waals surface area contributed by atoms with E-state index < -0.39 is 33.7 Å². The Morgan fingerprint density at radius 2 is 1.86 bits per heavy atom. The second-order valence-corrected chi connectivity index (χ2v) is 9.71. The molecule has 1 spiro atoms. The SMILES string of the molecule is CCCCOC(=O)[C@H]([C@@H](C)OCCCC)N1C[C@@]2(CCCN2S(C)(=O)=O)C1=O. The monoisotopic (exact) mass is 418 g/mol. The molecule has 0 saturated carbocycles. The summed E-state index contributed by atoms with van der Waals surface area (Å²) in [6, 6.07) is -0.853. The lowest BCUT2D eigenvalue weighted by Gasteiger charge is -2.53. The fourth-order valence-electron chi connectivity index (χ4n) is 4.01. The number of sulfonamides is 1. The molecular formula is C19H34N2O6S. The zero-order valence-electron chi connectivity index (χ0n) is 17.5. The van der Waals surface area contributed by atoms with Crippen molar-refractivity contribution in [1.82, 2.24) is 9.21 Å². The van der Waals surface area contributed by atoms with Crippen LogP contribution in [0.15, 0.2) is 0 Å². The fourth-order valence-corrected chi connectivity index (χ4v) is 5.33. The minimum absolute atomic E-state index is 0.202. The summed E-state index contributed by atoms with van der Waals surface area (Å²) in [7, 11) is -3.49. The van der Waals surface area contributed by atoms with Crippen LogP contribution in [-0.2, 0) is 29.1 Å². The van der Waals surface area contributed by atoms with E-state index in [1.165, 1.54) is 9.21 Å². The highest BCUT2D eigenvalue weighted by molar-refractivity contribution is 7.88. The molecule has 1 amide bonds. The number of nitrogens with zero attached hydrogens (tertiary/aromatic N) is 2. The van der Waals surface area contributed by atoms with Crippen molar-refractivity contribution in [2.24, 2.45) is 0 Å². The molecule has 2 fully saturated rings. The van der Waals surface area contributed by atoms with E-state index in [-0.39, 0.29) is 12.5 Å². The number of esters is 1. The molecular weight excluding hydrogens is 384 g/mol. The Kier molecular flexibility index (Phi) is 7.87. The van der Waals surface area contributed by atoms with Crippen LogP contribution in [0.5, 0.6) is 0 Å². The van der Waals surface area contributed by atoms with Gasteiger partial charge in [-0.25, -0.2) is 13.2 Å². The van der Waals surface area contributed by atoms with Gasteiger partial charge in [-0.15, -0.1) is 0 Å². The highest BCUT2D eigenvalue weighted by atomic mass is 32.2. The van der Waals surface area contributed by atoms with Crippen LogP contribution >= 0.6 is 0 Å². The maximum absolute atomic E-state index is 13.1. The van der Waals surface area contributed by atoms with Gasteiger partial charge in [0.25, 0.3) is 0 Å². The minimum atomic E-state index is -3.49. The molecule has 2 aliphatic heterocycles. The Hall–Kier alpha value is -1.19. The van der Waals surface area contributed by atoms with Gasteiger partial charge >= 0.3 is 5.97 Å². The molecule has 2 saturated heterocycles. The Morgan fingerprint density at radius 3 is 2.43 bits per heavy atom. The lowest BCUT2D eigenvalue weighted by Crippen LogP contribution is -2.76. The third-order valence-corrected chi connectivity index (χ3v) is 6.90. The van der Waals surface area contributed by atoms with Gasteiger partial charge in [-0.3, -0.25) is 4.79 Å². The lowest BCUT2D eigenvalue weighted by molar-refractivity contribution is -0.178. The number of unbranched alkanes of at least 4 members (excludes halogenated alkanes) is 2. The maximum atomic E-state index is 13.1. The van der Waals surface area contributed by atoms with Gasteiger partial charge in [0.15, 0.2) is 6.04 Å². The summed E-state index contributed by atoms with van der Waals surface area (Å²) >= 11 is 0. The first-order valence-corrected chi connectivity index (χ1v) is 12.1. The lowest BCUT2D eigenvalue weighted by atomic mass is 9.84. The second kappa shape index (κ2) is 9.54. The average Bonchev–Trinajstić information content (AvgIpc) is 3.09. The third kappa shape index (κ3) is 4.68. The average molecular weight is 419 g/mol. The van der Waals surface area contributed by atoms with E-state index in [9.17, 15) is 18.0 Å². The van der Waals surface area contributed by atoms with Crippen molar-refractivity contribution < 1.29 is 27.5 Å². The van der Waals surface area contributed by atoms with E-state index in [0.29, 0.717) is 32.6 Å². The quantitative estimate of drug-likeness (QED) is 0.287. The van der Waals surface area contributed by atoms with Gasteiger partial charge in [-0.05, 0) is 32.6 Å². The summed E-state index contributed by atoms with van der Waals surface area (Å²) in [5.41, 5.74) is -1.04. The van der Waals surface area contributed by atoms with Crippen LogP contribution < -0.4 is 0 Å². The number of hydrogen-bond donors (Lipinski definition) is 0. The van der Waals surface area contributed by atoms with Crippen molar-refractivity contribution in [1.29, 1.82) is 0 Å². The minimum Gasteiger partial charge on any atom is -0.464 e. The van der Waals surface area contributed by atoms with E-state index in [2.05, 4.69) is 0 Å². The van der Waals surface area contributed by atoms with Crippen LogP contribution in [0.1, 0.15) is 59.3 Å². The number of carbonyl (C=O) groups is 2. The molecule has 0 aromatic carbocycles. The van der Waals surface area contributed by atoms with E-state index in [1.54, 1.807) is 6.92 Å². The van der Waals surface area contributed by atoms with Crippen LogP contribution in [0, 0.1) is 0 Å². The predicted molar refractivity (Wildman–Crippen MR) is 105 cm³/mol. The largest absolute Gasteiger partial charge is 0.464 e. The van der Waals surface area contributed by atoms with Crippen LogP contribution in [-0.4, -0.2) is 79.7 Å². The summed E-state index contributed by atoms with van der Waals surface area (Å²) < 4.78 is 36.7. The Labute approximate surface area is 168 Å². The molecule has 0 aromatic rings. The van der Waals surface area contributed by atoms with Crippen molar-refractivity contribution in [2.45, 2.75) is 77.0 Å². The van der Waals surface area contributed by atoms with E-state index in [1.807, 2.05) is 13.8 Å². The molecule has 9 heteroatoms. The number of rotatable bonds is 11. The summed E-state index contributed by atoms with van der Waals surface area (Å²) in [6.45, 7) is 7.16. The molecule has 0 radical (unpaired) electrons. The zero-order chi connectivity index (χ0) is 20.9. The molecule has 3 atom stereocenters. The van der Waals surface area contributed by atoms with E-state index >= 15 is 0 Å². The highest BCUT2D eigenvalue weighted by Crippen LogP contribution is 2.42. The van der Waals surface area contributed by atoms with Crippen LogP contribution in [0.4, 0.5) is 0 Å². The first-order chi connectivity index (χ1) is 13.2. The summed E-state index contributed by atoms with van der Waals surface area (Å²) in [4.78, 5) is 27.3. The van der Waals surface area contributed by atoms with Gasteiger partial charge in [0.1, 0.15) is 5.54 Å². The van der Waals surface area contributed by atoms with Gasteiger partial charge in [-0.1, -0.05) is 26.7 Å². The summed E-state index contributed by atoms with van der Waals surface area (Å²) in [5.74, 6) is -0.802. The fraction of sp³-hybridized carbons (Fsp3) is 0.895. The third-order valence-electron chi connectivity index (χ3n) is 5.56. The predicted octanol–water partition coefficient (Wildman–Crippen LogP) is 1.54. The van der Waals surface area contributed by atoms with Crippen LogP contribution in [0.3, 0.4) is 0 Å². The molecule has 2 rings (SSSR count). The topological polar surface area (TPSA) is 93.2 Å².